The van der Waals surface area contributed by atoms with Gasteiger partial charge in [0.25, 0.3) is 0 Å². The second-order valence-corrected chi connectivity index (χ2v) is 7.04. The lowest BCUT2D eigenvalue weighted by Gasteiger charge is -2.31. The molecule has 0 aliphatic carbocycles. The Morgan fingerprint density at radius 3 is 2.84 bits per heavy atom. The number of nitrogens with one attached hydrogen (secondary N) is 2. The Balaban J connectivity index is 1.39. The summed E-state index contributed by atoms with van der Waals surface area (Å²) in [6.07, 6.45) is 5.63. The van der Waals surface area contributed by atoms with E-state index in [1.807, 2.05) is 6.07 Å². The van der Waals surface area contributed by atoms with Crippen molar-refractivity contribution in [1.29, 1.82) is 0 Å². The number of likely N-dealkylation sites (tertiary alicyclic amines) is 1. The van der Waals surface area contributed by atoms with E-state index in [1.165, 1.54) is 29.5 Å². The van der Waals surface area contributed by atoms with Gasteiger partial charge in [-0.3, -0.25) is 5.10 Å². The summed E-state index contributed by atoms with van der Waals surface area (Å²) in [6, 6.07) is 8.45. The summed E-state index contributed by atoms with van der Waals surface area (Å²) in [7, 11) is 1.73. The van der Waals surface area contributed by atoms with E-state index >= 15 is 0 Å². The molecule has 0 amide bonds. The summed E-state index contributed by atoms with van der Waals surface area (Å²) in [5, 5.41) is 8.67. The van der Waals surface area contributed by atoms with E-state index < -0.39 is 0 Å². The summed E-state index contributed by atoms with van der Waals surface area (Å²) >= 11 is 0. The number of rotatable bonds is 5. The number of benzene rings is 1. The molecule has 0 atom stereocenters. The van der Waals surface area contributed by atoms with E-state index in [-0.39, 0.29) is 0 Å². The number of H-pyrrole nitrogens is 2. The number of aryl methyl sites for hydroxylation is 1. The number of hydrogen-bond acceptors (Lipinski definition) is 3. The van der Waals surface area contributed by atoms with Crippen LogP contribution in [-0.2, 0) is 6.42 Å². The van der Waals surface area contributed by atoms with Crippen molar-refractivity contribution in [2.24, 2.45) is 0 Å². The van der Waals surface area contributed by atoms with Gasteiger partial charge in [0.05, 0.1) is 18.3 Å². The predicted molar refractivity (Wildman–Crippen MR) is 100 cm³/mol. The van der Waals surface area contributed by atoms with Crippen molar-refractivity contribution in [3.63, 3.8) is 0 Å². The molecule has 1 saturated heterocycles. The van der Waals surface area contributed by atoms with E-state index in [1.54, 1.807) is 7.11 Å². The Hall–Kier alpha value is -2.27. The third-order valence-corrected chi connectivity index (χ3v) is 5.40. The number of fused-ring (bicyclic) bond motifs is 1. The maximum Gasteiger partial charge on any atom is 0.142 e. The molecule has 5 heteroatoms. The number of ether oxygens (including phenoxy) is 1. The first kappa shape index (κ1) is 16.2. The Morgan fingerprint density at radius 1 is 1.28 bits per heavy atom. The van der Waals surface area contributed by atoms with E-state index in [4.69, 9.17) is 4.74 Å². The highest BCUT2D eigenvalue weighted by Crippen LogP contribution is 2.35. The summed E-state index contributed by atoms with van der Waals surface area (Å²) < 4.78 is 5.47. The van der Waals surface area contributed by atoms with Crippen LogP contribution in [0.25, 0.3) is 10.9 Å². The molecule has 0 spiro atoms. The van der Waals surface area contributed by atoms with Gasteiger partial charge in [-0.05, 0) is 56.5 Å². The minimum atomic E-state index is 0.629. The van der Waals surface area contributed by atoms with Gasteiger partial charge in [0.1, 0.15) is 5.75 Å². The second-order valence-electron chi connectivity index (χ2n) is 7.04. The molecule has 0 radical (unpaired) electrons. The van der Waals surface area contributed by atoms with Gasteiger partial charge >= 0.3 is 0 Å². The highest BCUT2D eigenvalue weighted by atomic mass is 16.5. The SMILES string of the molecule is COc1cccc2c(C3CCN(CCc4cc(C)[nH]n4)CC3)c[nH]c12. The average molecular weight is 338 g/mol. The highest BCUT2D eigenvalue weighted by Gasteiger charge is 2.23. The topological polar surface area (TPSA) is 56.9 Å². The molecule has 0 saturated carbocycles. The van der Waals surface area contributed by atoms with Crippen LogP contribution < -0.4 is 4.74 Å². The van der Waals surface area contributed by atoms with E-state index in [2.05, 4.69) is 51.4 Å². The normalized spacial score (nSPS) is 16.6. The number of hydrogen-bond donors (Lipinski definition) is 2. The van der Waals surface area contributed by atoms with Crippen LogP contribution in [0.15, 0.2) is 30.5 Å². The summed E-state index contributed by atoms with van der Waals surface area (Å²) in [5.74, 6) is 1.56. The Labute approximate surface area is 148 Å². The van der Waals surface area contributed by atoms with Gasteiger partial charge in [0.15, 0.2) is 0 Å². The fourth-order valence-corrected chi connectivity index (χ4v) is 4.00. The molecule has 2 aromatic heterocycles. The van der Waals surface area contributed by atoms with E-state index in [0.717, 1.165) is 43.0 Å². The van der Waals surface area contributed by atoms with Crippen molar-refractivity contribution in [3.8, 4) is 5.75 Å². The monoisotopic (exact) mass is 338 g/mol. The first-order valence-corrected chi connectivity index (χ1v) is 9.12. The molecule has 2 N–H and O–H groups in total. The van der Waals surface area contributed by atoms with Crippen LogP contribution >= 0.6 is 0 Å². The Kier molecular flexibility index (Phi) is 4.49. The van der Waals surface area contributed by atoms with Crippen LogP contribution in [0.2, 0.25) is 0 Å². The van der Waals surface area contributed by atoms with Gasteiger partial charge in [-0.1, -0.05) is 12.1 Å². The van der Waals surface area contributed by atoms with E-state index in [0.29, 0.717) is 5.92 Å². The largest absolute Gasteiger partial charge is 0.495 e. The minimum Gasteiger partial charge on any atom is -0.495 e. The summed E-state index contributed by atoms with van der Waals surface area (Å²) in [6.45, 7) is 5.46. The number of methoxy groups -OCH3 is 1. The van der Waals surface area contributed by atoms with Crippen LogP contribution in [0.1, 0.15) is 35.7 Å². The van der Waals surface area contributed by atoms with Crippen LogP contribution in [0.3, 0.4) is 0 Å². The molecular formula is C20H26N4O. The first-order valence-electron chi connectivity index (χ1n) is 9.12. The second kappa shape index (κ2) is 6.92. The van der Waals surface area contributed by atoms with Gasteiger partial charge in [0, 0.05) is 30.2 Å². The molecule has 4 rings (SSSR count). The Morgan fingerprint density at radius 2 is 2.12 bits per heavy atom. The molecule has 3 heterocycles. The molecule has 0 bridgehead atoms. The highest BCUT2D eigenvalue weighted by molar-refractivity contribution is 5.88. The van der Waals surface area contributed by atoms with Crippen molar-refractivity contribution < 1.29 is 4.74 Å². The zero-order valence-electron chi connectivity index (χ0n) is 15.0. The van der Waals surface area contributed by atoms with Gasteiger partial charge < -0.3 is 14.6 Å². The fourth-order valence-electron chi connectivity index (χ4n) is 4.00. The summed E-state index contributed by atoms with van der Waals surface area (Å²) in [5.41, 5.74) is 4.87. The van der Waals surface area contributed by atoms with Gasteiger partial charge in [0.2, 0.25) is 0 Å². The predicted octanol–water partition coefficient (Wildman–Crippen LogP) is 3.63. The van der Waals surface area contributed by atoms with Crippen molar-refractivity contribution in [3.05, 3.63) is 47.4 Å². The molecule has 25 heavy (non-hydrogen) atoms. The van der Waals surface area contributed by atoms with Crippen LogP contribution in [0.5, 0.6) is 5.75 Å². The zero-order valence-corrected chi connectivity index (χ0v) is 15.0. The molecule has 1 fully saturated rings. The number of aromatic amines is 2. The third-order valence-electron chi connectivity index (χ3n) is 5.40. The molecule has 1 aliphatic heterocycles. The number of para-hydroxylation sites is 1. The fraction of sp³-hybridized carbons (Fsp3) is 0.450. The molecule has 1 aromatic carbocycles. The zero-order chi connectivity index (χ0) is 17.2. The lowest BCUT2D eigenvalue weighted by atomic mass is 9.89. The molecule has 132 valence electrons. The molecule has 5 nitrogen and oxygen atoms in total. The lowest BCUT2D eigenvalue weighted by Crippen LogP contribution is -2.34. The molecule has 1 aliphatic rings. The smallest absolute Gasteiger partial charge is 0.142 e. The molecule has 0 unspecified atom stereocenters. The molecular weight excluding hydrogens is 312 g/mol. The third kappa shape index (κ3) is 3.29. The lowest BCUT2D eigenvalue weighted by molar-refractivity contribution is 0.214. The first-order chi connectivity index (χ1) is 12.2. The van der Waals surface area contributed by atoms with Crippen LogP contribution in [0.4, 0.5) is 0 Å². The molecule has 3 aromatic rings. The maximum absolute atomic E-state index is 5.47. The van der Waals surface area contributed by atoms with Crippen LogP contribution in [0, 0.1) is 6.92 Å². The maximum atomic E-state index is 5.47. The quantitative estimate of drug-likeness (QED) is 0.747. The number of piperidine rings is 1. The van der Waals surface area contributed by atoms with Gasteiger partial charge in [-0.25, -0.2) is 0 Å². The van der Waals surface area contributed by atoms with Crippen molar-refractivity contribution in [2.45, 2.75) is 32.1 Å². The Bertz CT molecular complexity index is 842. The van der Waals surface area contributed by atoms with Crippen LogP contribution in [-0.4, -0.2) is 46.8 Å². The van der Waals surface area contributed by atoms with Gasteiger partial charge in [-0.15, -0.1) is 0 Å². The van der Waals surface area contributed by atoms with Crippen molar-refractivity contribution >= 4 is 10.9 Å². The van der Waals surface area contributed by atoms with Crippen molar-refractivity contribution in [2.75, 3.05) is 26.7 Å². The standard InChI is InChI=1S/C20H26N4O/c1-14-12-16(23-22-14)8-11-24-9-6-15(7-10-24)18-13-21-20-17(18)4-3-5-19(20)25-2/h3-5,12-13,15,21H,6-11H2,1-2H3,(H,22,23). The van der Waals surface area contributed by atoms with Crippen molar-refractivity contribution in [1.82, 2.24) is 20.1 Å². The van der Waals surface area contributed by atoms with E-state index in [9.17, 15) is 0 Å². The number of aromatic nitrogens is 3. The average Bonchev–Trinajstić information content (AvgIpc) is 3.26. The minimum absolute atomic E-state index is 0.629. The number of nitrogens with zero attached hydrogens (tertiary/aromatic N) is 2. The van der Waals surface area contributed by atoms with Gasteiger partial charge in [-0.2, -0.15) is 5.10 Å². The summed E-state index contributed by atoms with van der Waals surface area (Å²) in [4.78, 5) is 5.98.